The van der Waals surface area contributed by atoms with Crippen molar-refractivity contribution in [2.24, 2.45) is 0 Å². The highest BCUT2D eigenvalue weighted by Gasteiger charge is 2.40. The van der Waals surface area contributed by atoms with E-state index in [4.69, 9.17) is 23.2 Å². The van der Waals surface area contributed by atoms with Crippen molar-refractivity contribution in [1.82, 2.24) is 0 Å². The number of alkyl halides is 3. The van der Waals surface area contributed by atoms with E-state index in [1.165, 1.54) is 12.1 Å². The van der Waals surface area contributed by atoms with Crippen molar-refractivity contribution in [3.63, 3.8) is 0 Å². The van der Waals surface area contributed by atoms with Gasteiger partial charge >= 0.3 is 6.18 Å². The number of halogens is 5. The van der Waals surface area contributed by atoms with Crippen LogP contribution in [0, 0.1) is 0 Å². The summed E-state index contributed by atoms with van der Waals surface area (Å²) >= 11 is 12.3. The third kappa shape index (κ3) is 2.34. The monoisotopic (exact) mass is 284 g/mol. The smallest absolute Gasteiger partial charge is 0.169 e. The Morgan fingerprint density at radius 3 is 2.50 bits per heavy atom. The van der Waals surface area contributed by atoms with E-state index < -0.39 is 11.4 Å². The van der Waals surface area contributed by atoms with Crippen LogP contribution in [0.5, 0.6) is 0 Å². The number of hydrogen-bond donors (Lipinski definition) is 0. The number of fused-ring (bicyclic) bond motifs is 1. The Morgan fingerprint density at radius 2 is 1.88 bits per heavy atom. The van der Waals surface area contributed by atoms with Gasteiger partial charge in [-0.05, 0) is 17.7 Å². The Hall–Kier alpha value is -0.320. The Morgan fingerprint density at radius 1 is 1.19 bits per heavy atom. The van der Waals surface area contributed by atoms with Gasteiger partial charge < -0.3 is 0 Å². The maximum Gasteiger partial charge on any atom is 0.404 e. The standard InChI is InChI=1S/C10H5Cl2F3S/c11-6-3-5-1-2-8(10(13,14)15)16-9(5)7(12)4-6/h1-4,8H. The van der Waals surface area contributed by atoms with Crippen molar-refractivity contribution >= 4 is 41.0 Å². The van der Waals surface area contributed by atoms with Crippen LogP contribution in [0.15, 0.2) is 23.1 Å². The molecule has 0 bridgehead atoms. The fourth-order valence-corrected chi connectivity index (χ4v) is 2.98. The predicted octanol–water partition coefficient (Wildman–Crippen LogP) is 5.04. The molecule has 1 atom stereocenters. The van der Waals surface area contributed by atoms with Crippen LogP contribution >= 0.6 is 35.0 Å². The van der Waals surface area contributed by atoms with Crippen molar-refractivity contribution in [2.45, 2.75) is 16.3 Å². The molecule has 0 saturated carbocycles. The van der Waals surface area contributed by atoms with Crippen molar-refractivity contribution in [1.29, 1.82) is 0 Å². The third-order valence-electron chi connectivity index (χ3n) is 2.06. The molecule has 0 radical (unpaired) electrons. The lowest BCUT2D eigenvalue weighted by atomic mass is 10.2. The molecule has 16 heavy (non-hydrogen) atoms. The average Bonchev–Trinajstić information content (AvgIpc) is 2.15. The summed E-state index contributed by atoms with van der Waals surface area (Å²) < 4.78 is 37.5. The second kappa shape index (κ2) is 4.17. The Kier molecular flexibility index (Phi) is 3.16. The van der Waals surface area contributed by atoms with Gasteiger partial charge in [0.1, 0.15) is 5.25 Å². The Balaban J connectivity index is 2.42. The predicted molar refractivity (Wildman–Crippen MR) is 61.2 cm³/mol. The van der Waals surface area contributed by atoms with Crippen LogP contribution < -0.4 is 0 Å². The third-order valence-corrected chi connectivity index (χ3v) is 4.05. The molecule has 2 rings (SSSR count). The van der Waals surface area contributed by atoms with Crippen LogP contribution in [0.25, 0.3) is 6.08 Å². The zero-order chi connectivity index (χ0) is 11.9. The van der Waals surface area contributed by atoms with E-state index in [-0.39, 0.29) is 5.02 Å². The van der Waals surface area contributed by atoms with Gasteiger partial charge in [0.2, 0.25) is 0 Å². The van der Waals surface area contributed by atoms with Gasteiger partial charge in [-0.2, -0.15) is 13.2 Å². The summed E-state index contributed by atoms with van der Waals surface area (Å²) in [5, 5.41) is -0.871. The molecule has 1 aromatic carbocycles. The van der Waals surface area contributed by atoms with Crippen LogP contribution in [0.2, 0.25) is 10.0 Å². The van der Waals surface area contributed by atoms with Gasteiger partial charge in [-0.1, -0.05) is 35.4 Å². The molecule has 86 valence electrons. The summed E-state index contributed by atoms with van der Waals surface area (Å²) in [7, 11) is 0. The second-order valence-electron chi connectivity index (χ2n) is 3.25. The zero-order valence-corrected chi connectivity index (χ0v) is 10.0. The van der Waals surface area contributed by atoms with Crippen LogP contribution in [0.3, 0.4) is 0 Å². The summed E-state index contributed by atoms with van der Waals surface area (Å²) in [5.41, 5.74) is 0.628. The second-order valence-corrected chi connectivity index (χ2v) is 5.24. The van der Waals surface area contributed by atoms with E-state index in [1.807, 2.05) is 0 Å². The summed E-state index contributed by atoms with van der Waals surface area (Å²) in [6.07, 6.45) is -1.75. The lowest BCUT2D eigenvalue weighted by molar-refractivity contribution is -0.119. The highest BCUT2D eigenvalue weighted by atomic mass is 35.5. The molecular formula is C10H5Cl2F3S. The normalized spacial score (nSPS) is 19.7. The van der Waals surface area contributed by atoms with Gasteiger partial charge in [0.15, 0.2) is 0 Å². The molecule has 1 unspecified atom stereocenters. The average molecular weight is 285 g/mol. The van der Waals surface area contributed by atoms with Gasteiger partial charge in [-0.15, -0.1) is 11.8 Å². The lowest BCUT2D eigenvalue weighted by Gasteiger charge is -2.22. The highest BCUT2D eigenvalue weighted by molar-refractivity contribution is 8.00. The minimum absolute atomic E-state index is 0.256. The zero-order valence-electron chi connectivity index (χ0n) is 7.68. The van der Waals surface area contributed by atoms with Crippen LogP contribution in [0.1, 0.15) is 5.56 Å². The largest absolute Gasteiger partial charge is 0.404 e. The first-order chi connectivity index (χ1) is 7.38. The van der Waals surface area contributed by atoms with Crippen molar-refractivity contribution in [3.8, 4) is 0 Å². The minimum atomic E-state index is -4.26. The quantitative estimate of drug-likeness (QED) is 0.643. The number of benzene rings is 1. The van der Waals surface area contributed by atoms with Gasteiger partial charge in [-0.3, -0.25) is 0 Å². The van der Waals surface area contributed by atoms with Crippen LogP contribution in [-0.4, -0.2) is 11.4 Å². The molecule has 1 aliphatic heterocycles. The molecular weight excluding hydrogens is 280 g/mol. The van der Waals surface area contributed by atoms with Gasteiger partial charge in [0.05, 0.1) is 5.02 Å². The molecule has 0 aromatic heterocycles. The molecule has 0 aliphatic carbocycles. The Bertz CT molecular complexity index is 454. The first-order valence-electron chi connectivity index (χ1n) is 4.28. The van der Waals surface area contributed by atoms with E-state index in [0.29, 0.717) is 27.2 Å². The SMILES string of the molecule is FC(F)(F)C1C=Cc2cc(Cl)cc(Cl)c2S1. The fourth-order valence-electron chi connectivity index (χ4n) is 1.36. The molecule has 0 amide bonds. The van der Waals surface area contributed by atoms with Crippen molar-refractivity contribution < 1.29 is 13.2 Å². The highest BCUT2D eigenvalue weighted by Crippen LogP contribution is 2.45. The fraction of sp³-hybridized carbons (Fsp3) is 0.200. The van der Waals surface area contributed by atoms with E-state index >= 15 is 0 Å². The molecule has 0 N–H and O–H groups in total. The van der Waals surface area contributed by atoms with Crippen LogP contribution in [0.4, 0.5) is 13.2 Å². The molecule has 1 aliphatic rings. The van der Waals surface area contributed by atoms with E-state index in [0.717, 1.165) is 6.08 Å². The summed E-state index contributed by atoms with van der Waals surface area (Å²) in [6, 6.07) is 3.04. The lowest BCUT2D eigenvalue weighted by Crippen LogP contribution is -2.24. The topological polar surface area (TPSA) is 0 Å². The van der Waals surface area contributed by atoms with Gasteiger partial charge in [0.25, 0.3) is 0 Å². The number of rotatable bonds is 0. The van der Waals surface area contributed by atoms with E-state index in [9.17, 15) is 13.2 Å². The van der Waals surface area contributed by atoms with Gasteiger partial charge in [0, 0.05) is 9.92 Å². The summed E-state index contributed by atoms with van der Waals surface area (Å²) in [4.78, 5) is 0.427. The van der Waals surface area contributed by atoms with E-state index in [1.54, 1.807) is 6.07 Å². The maximum absolute atomic E-state index is 12.5. The summed E-state index contributed by atoms with van der Waals surface area (Å²) in [5.74, 6) is 0. The van der Waals surface area contributed by atoms with Crippen molar-refractivity contribution in [2.75, 3.05) is 0 Å². The first kappa shape index (κ1) is 12.1. The Labute approximate surface area is 104 Å². The molecule has 0 fully saturated rings. The molecule has 0 saturated heterocycles. The maximum atomic E-state index is 12.5. The molecule has 1 aromatic rings. The number of thioether (sulfide) groups is 1. The molecule has 0 spiro atoms. The van der Waals surface area contributed by atoms with Crippen molar-refractivity contribution in [3.05, 3.63) is 33.8 Å². The van der Waals surface area contributed by atoms with Gasteiger partial charge in [-0.25, -0.2) is 0 Å². The van der Waals surface area contributed by atoms with E-state index in [2.05, 4.69) is 0 Å². The molecule has 0 nitrogen and oxygen atoms in total. The minimum Gasteiger partial charge on any atom is -0.169 e. The van der Waals surface area contributed by atoms with Crippen LogP contribution in [-0.2, 0) is 0 Å². The summed E-state index contributed by atoms with van der Waals surface area (Å²) in [6.45, 7) is 0. The number of hydrogen-bond acceptors (Lipinski definition) is 1. The molecule has 1 heterocycles. The first-order valence-corrected chi connectivity index (χ1v) is 5.92. The molecule has 6 heteroatoms.